The number of aryl methyl sites for hydroxylation is 2. The Balaban J connectivity index is 2.18. The Morgan fingerprint density at radius 2 is 1.44 bits per heavy atom. The first kappa shape index (κ1) is 19.1. The molecule has 4 nitrogen and oxygen atoms in total. The van der Waals surface area contributed by atoms with Gasteiger partial charge in [-0.15, -0.1) is 0 Å². The van der Waals surface area contributed by atoms with E-state index < -0.39 is 15.9 Å². The molecule has 0 bridgehead atoms. The number of carbonyl (C=O) groups excluding carboxylic acids is 1. The maximum atomic E-state index is 13.4. The van der Waals surface area contributed by atoms with Gasteiger partial charge in [0.1, 0.15) is 0 Å². The molecule has 0 aromatic heterocycles. The molecule has 0 saturated carbocycles. The summed E-state index contributed by atoms with van der Waals surface area (Å²) in [5, 5.41) is 0.468. The number of halogens is 1. The SMILES string of the molecule is Cc1ccc(S(=O)(=O)N(C(=O)c2ccc(Cl)cc2)c2ccccc2C)cc1. The predicted molar refractivity (Wildman–Crippen MR) is 108 cm³/mol. The monoisotopic (exact) mass is 399 g/mol. The van der Waals surface area contributed by atoms with E-state index >= 15 is 0 Å². The molecule has 0 fully saturated rings. The molecule has 0 atom stereocenters. The summed E-state index contributed by atoms with van der Waals surface area (Å²) < 4.78 is 27.6. The van der Waals surface area contributed by atoms with Gasteiger partial charge in [0.15, 0.2) is 0 Å². The number of sulfonamides is 1. The predicted octanol–water partition coefficient (Wildman–Crippen LogP) is 4.99. The van der Waals surface area contributed by atoms with Crippen molar-refractivity contribution in [2.45, 2.75) is 18.7 Å². The molecule has 0 aliphatic rings. The standard InChI is InChI=1S/C21H18ClNO3S/c1-15-7-13-19(14-8-15)27(25,26)23(20-6-4-3-5-16(20)2)21(24)17-9-11-18(22)12-10-17/h3-14H,1-2H3. The maximum Gasteiger partial charge on any atom is 0.272 e. The topological polar surface area (TPSA) is 54.5 Å². The second-order valence-electron chi connectivity index (χ2n) is 6.18. The van der Waals surface area contributed by atoms with Crippen molar-refractivity contribution in [2.75, 3.05) is 4.31 Å². The highest BCUT2D eigenvalue weighted by Gasteiger charge is 2.32. The van der Waals surface area contributed by atoms with Gasteiger partial charge in [0.25, 0.3) is 15.9 Å². The summed E-state index contributed by atoms with van der Waals surface area (Å²) in [4.78, 5) is 13.3. The third-order valence-corrected chi connectivity index (χ3v) is 6.13. The molecule has 0 heterocycles. The van der Waals surface area contributed by atoms with Gasteiger partial charge in [-0.25, -0.2) is 8.42 Å². The smallest absolute Gasteiger partial charge is 0.268 e. The molecule has 6 heteroatoms. The van der Waals surface area contributed by atoms with E-state index in [9.17, 15) is 13.2 Å². The minimum absolute atomic E-state index is 0.0543. The first-order chi connectivity index (χ1) is 12.8. The highest BCUT2D eigenvalue weighted by Crippen LogP contribution is 2.29. The van der Waals surface area contributed by atoms with Crippen LogP contribution in [0.3, 0.4) is 0 Å². The van der Waals surface area contributed by atoms with Gasteiger partial charge < -0.3 is 0 Å². The molecule has 0 radical (unpaired) electrons. The number of amides is 1. The lowest BCUT2D eigenvalue weighted by atomic mass is 10.1. The quantitative estimate of drug-likeness (QED) is 0.620. The zero-order valence-corrected chi connectivity index (χ0v) is 16.5. The molecule has 3 aromatic carbocycles. The first-order valence-corrected chi connectivity index (χ1v) is 10.1. The Labute approximate surface area is 164 Å². The van der Waals surface area contributed by atoms with Crippen molar-refractivity contribution < 1.29 is 13.2 Å². The summed E-state index contributed by atoms with van der Waals surface area (Å²) in [6.07, 6.45) is 0. The van der Waals surface area contributed by atoms with Crippen LogP contribution in [-0.2, 0) is 10.0 Å². The average Bonchev–Trinajstić information content (AvgIpc) is 2.64. The van der Waals surface area contributed by atoms with Crippen LogP contribution < -0.4 is 4.31 Å². The number of hydrogen-bond donors (Lipinski definition) is 0. The summed E-state index contributed by atoms with van der Waals surface area (Å²) >= 11 is 5.90. The fourth-order valence-corrected chi connectivity index (χ4v) is 4.27. The lowest BCUT2D eigenvalue weighted by molar-refractivity contribution is 0.100. The normalized spacial score (nSPS) is 11.2. The second kappa shape index (κ2) is 7.55. The van der Waals surface area contributed by atoms with Crippen molar-refractivity contribution in [1.29, 1.82) is 0 Å². The molecule has 0 saturated heterocycles. The van der Waals surface area contributed by atoms with Gasteiger partial charge in [0, 0.05) is 10.6 Å². The van der Waals surface area contributed by atoms with Crippen LogP contribution in [0.2, 0.25) is 5.02 Å². The molecule has 3 rings (SSSR count). The van der Waals surface area contributed by atoms with Gasteiger partial charge in [-0.05, 0) is 61.9 Å². The maximum absolute atomic E-state index is 13.4. The van der Waals surface area contributed by atoms with Gasteiger partial charge >= 0.3 is 0 Å². The lowest BCUT2D eigenvalue weighted by Gasteiger charge is -2.24. The van der Waals surface area contributed by atoms with Crippen LogP contribution in [0, 0.1) is 13.8 Å². The minimum atomic E-state index is -4.10. The molecule has 27 heavy (non-hydrogen) atoms. The summed E-state index contributed by atoms with van der Waals surface area (Å²) in [7, 11) is -4.10. The van der Waals surface area contributed by atoms with E-state index in [2.05, 4.69) is 0 Å². The van der Waals surface area contributed by atoms with Crippen LogP contribution in [0.15, 0.2) is 77.7 Å². The number of anilines is 1. The van der Waals surface area contributed by atoms with E-state index in [1.807, 2.05) is 6.92 Å². The van der Waals surface area contributed by atoms with E-state index in [1.165, 1.54) is 24.3 Å². The molecule has 1 amide bonds. The number of rotatable bonds is 4. The van der Waals surface area contributed by atoms with Crippen molar-refractivity contribution in [3.8, 4) is 0 Å². The molecule has 0 spiro atoms. The van der Waals surface area contributed by atoms with Crippen LogP contribution >= 0.6 is 11.6 Å². The first-order valence-electron chi connectivity index (χ1n) is 8.28. The largest absolute Gasteiger partial charge is 0.272 e. The molecule has 0 N–H and O–H groups in total. The number of nitrogens with zero attached hydrogens (tertiary/aromatic N) is 1. The molecule has 0 aliphatic heterocycles. The highest BCUT2D eigenvalue weighted by molar-refractivity contribution is 7.93. The molecular formula is C21H18ClNO3S. The summed E-state index contributed by atoms with van der Waals surface area (Å²) in [6.45, 7) is 3.64. The van der Waals surface area contributed by atoms with Crippen LogP contribution in [0.4, 0.5) is 5.69 Å². The van der Waals surface area contributed by atoms with Crippen LogP contribution in [0.25, 0.3) is 0 Å². The minimum Gasteiger partial charge on any atom is -0.268 e. The zero-order chi connectivity index (χ0) is 19.6. The number of carbonyl (C=O) groups is 1. The second-order valence-corrected chi connectivity index (χ2v) is 8.40. The third kappa shape index (κ3) is 3.89. The van der Waals surface area contributed by atoms with E-state index in [1.54, 1.807) is 55.5 Å². The van der Waals surface area contributed by atoms with E-state index in [4.69, 9.17) is 11.6 Å². The number of benzene rings is 3. The van der Waals surface area contributed by atoms with Gasteiger partial charge in [0.05, 0.1) is 10.6 Å². The van der Waals surface area contributed by atoms with E-state index in [0.29, 0.717) is 16.3 Å². The van der Waals surface area contributed by atoms with Crippen molar-refractivity contribution in [1.82, 2.24) is 0 Å². The van der Waals surface area contributed by atoms with Gasteiger partial charge in [-0.3, -0.25) is 4.79 Å². The fourth-order valence-electron chi connectivity index (χ4n) is 2.66. The highest BCUT2D eigenvalue weighted by atomic mass is 35.5. The summed E-state index contributed by atoms with van der Waals surface area (Å²) in [5.41, 5.74) is 2.16. The summed E-state index contributed by atoms with van der Waals surface area (Å²) in [6, 6.07) is 19.4. The average molecular weight is 400 g/mol. The summed E-state index contributed by atoms with van der Waals surface area (Å²) in [5.74, 6) is -0.637. The Bertz CT molecular complexity index is 1080. The Kier molecular flexibility index (Phi) is 5.35. The zero-order valence-electron chi connectivity index (χ0n) is 14.9. The van der Waals surface area contributed by atoms with Crippen LogP contribution in [0.1, 0.15) is 21.5 Å². The molecular weight excluding hydrogens is 382 g/mol. The number of hydrogen-bond acceptors (Lipinski definition) is 3. The molecule has 0 unspecified atom stereocenters. The van der Waals surface area contributed by atoms with Crippen molar-refractivity contribution >= 4 is 33.2 Å². The van der Waals surface area contributed by atoms with E-state index in [0.717, 1.165) is 9.87 Å². The van der Waals surface area contributed by atoms with Crippen LogP contribution in [-0.4, -0.2) is 14.3 Å². The number of para-hydroxylation sites is 1. The molecule has 138 valence electrons. The van der Waals surface area contributed by atoms with Crippen molar-refractivity contribution in [3.63, 3.8) is 0 Å². The lowest BCUT2D eigenvalue weighted by Crippen LogP contribution is -2.37. The Morgan fingerprint density at radius 3 is 2.04 bits per heavy atom. The van der Waals surface area contributed by atoms with Gasteiger partial charge in [-0.2, -0.15) is 4.31 Å². The fraction of sp³-hybridized carbons (Fsp3) is 0.0952. The van der Waals surface area contributed by atoms with Gasteiger partial charge in [0.2, 0.25) is 0 Å². The molecule has 0 aliphatic carbocycles. The Hall–Kier alpha value is -2.63. The van der Waals surface area contributed by atoms with E-state index in [-0.39, 0.29) is 10.5 Å². The molecule has 3 aromatic rings. The van der Waals surface area contributed by atoms with Gasteiger partial charge in [-0.1, -0.05) is 47.5 Å². The van der Waals surface area contributed by atoms with Crippen LogP contribution in [0.5, 0.6) is 0 Å². The van der Waals surface area contributed by atoms with Crippen molar-refractivity contribution in [3.05, 3.63) is 94.5 Å². The third-order valence-electron chi connectivity index (χ3n) is 4.17. The van der Waals surface area contributed by atoms with Crippen molar-refractivity contribution in [2.24, 2.45) is 0 Å². The Morgan fingerprint density at radius 1 is 0.852 bits per heavy atom.